The lowest BCUT2D eigenvalue weighted by Crippen LogP contribution is -2.26. The largest absolute Gasteiger partial charge is 0.496 e. The molecule has 0 aromatic heterocycles. The molecule has 1 heterocycles. The second kappa shape index (κ2) is 7.44. The third-order valence-corrected chi connectivity index (χ3v) is 3.18. The second-order valence-corrected chi connectivity index (χ2v) is 4.41. The van der Waals surface area contributed by atoms with E-state index in [-0.39, 0.29) is 11.4 Å². The van der Waals surface area contributed by atoms with E-state index in [4.69, 9.17) is 9.47 Å². The predicted molar refractivity (Wildman–Crippen MR) is 80.7 cm³/mol. The molecule has 0 aliphatic carbocycles. The molecule has 2 rings (SSSR count). The van der Waals surface area contributed by atoms with E-state index in [1.165, 1.54) is 7.11 Å². The number of carbonyl (C=O) groups excluding carboxylic acids is 1. The number of rotatable bonds is 3. The van der Waals surface area contributed by atoms with Gasteiger partial charge in [0.05, 0.1) is 26.5 Å². The van der Waals surface area contributed by atoms with E-state index in [2.05, 4.69) is 4.99 Å². The summed E-state index contributed by atoms with van der Waals surface area (Å²) in [5, 5.41) is 0. The number of methoxy groups -OCH3 is 2. The van der Waals surface area contributed by atoms with Crippen molar-refractivity contribution >= 4 is 11.7 Å². The topological polar surface area (TPSA) is 82.6 Å². The SMILES string of the molecule is COC(=O)C1=CC(c2ccccc2OC)=NCCN1C.O. The van der Waals surface area contributed by atoms with Crippen molar-refractivity contribution in [3.05, 3.63) is 41.6 Å². The van der Waals surface area contributed by atoms with Gasteiger partial charge in [-0.25, -0.2) is 4.79 Å². The van der Waals surface area contributed by atoms with Crippen LogP contribution in [0.15, 0.2) is 41.0 Å². The van der Waals surface area contributed by atoms with Crippen LogP contribution in [0, 0.1) is 0 Å². The van der Waals surface area contributed by atoms with E-state index in [0.29, 0.717) is 18.8 Å². The summed E-state index contributed by atoms with van der Waals surface area (Å²) in [5.74, 6) is 0.369. The summed E-state index contributed by atoms with van der Waals surface area (Å²) >= 11 is 0. The van der Waals surface area contributed by atoms with E-state index in [1.807, 2.05) is 36.2 Å². The van der Waals surface area contributed by atoms with Gasteiger partial charge in [0, 0.05) is 19.2 Å². The Morgan fingerprint density at radius 2 is 2.00 bits per heavy atom. The molecular weight excluding hydrogens is 272 g/mol. The van der Waals surface area contributed by atoms with Crippen molar-refractivity contribution < 1.29 is 19.7 Å². The van der Waals surface area contributed by atoms with Crippen LogP contribution in [0.25, 0.3) is 0 Å². The summed E-state index contributed by atoms with van der Waals surface area (Å²) in [5.41, 5.74) is 2.09. The zero-order valence-electron chi connectivity index (χ0n) is 12.4. The van der Waals surface area contributed by atoms with E-state index < -0.39 is 0 Å². The molecule has 0 unspecified atom stereocenters. The van der Waals surface area contributed by atoms with Crippen LogP contribution in [0.3, 0.4) is 0 Å². The molecule has 0 radical (unpaired) electrons. The van der Waals surface area contributed by atoms with Crippen molar-refractivity contribution in [1.29, 1.82) is 0 Å². The van der Waals surface area contributed by atoms with Crippen LogP contribution in [0.1, 0.15) is 5.56 Å². The number of likely N-dealkylation sites (N-methyl/N-ethyl adjacent to an activating group) is 1. The molecule has 0 bridgehead atoms. The number of carbonyl (C=O) groups is 1. The van der Waals surface area contributed by atoms with Gasteiger partial charge in [0.25, 0.3) is 0 Å². The lowest BCUT2D eigenvalue weighted by molar-refractivity contribution is -0.137. The Hall–Kier alpha value is -2.34. The Bertz CT molecular complexity index is 567. The maximum Gasteiger partial charge on any atom is 0.354 e. The van der Waals surface area contributed by atoms with Gasteiger partial charge in [-0.05, 0) is 18.2 Å². The minimum Gasteiger partial charge on any atom is -0.496 e. The maximum absolute atomic E-state index is 11.8. The van der Waals surface area contributed by atoms with Gasteiger partial charge in [0.1, 0.15) is 11.4 Å². The molecule has 6 heteroatoms. The molecule has 1 aromatic carbocycles. The van der Waals surface area contributed by atoms with Crippen molar-refractivity contribution in [1.82, 2.24) is 4.90 Å². The highest BCUT2D eigenvalue weighted by molar-refractivity contribution is 6.13. The predicted octanol–water partition coefficient (Wildman–Crippen LogP) is 0.662. The van der Waals surface area contributed by atoms with Gasteiger partial charge in [0.15, 0.2) is 0 Å². The molecule has 0 saturated heterocycles. The number of allylic oxidation sites excluding steroid dienone is 1. The molecule has 0 atom stereocenters. The number of aliphatic imine (C=N–C) groups is 1. The molecule has 6 nitrogen and oxygen atoms in total. The average Bonchev–Trinajstić information content (AvgIpc) is 2.68. The van der Waals surface area contributed by atoms with Crippen LogP contribution in [0.5, 0.6) is 5.75 Å². The number of ether oxygens (including phenoxy) is 2. The molecule has 0 fully saturated rings. The van der Waals surface area contributed by atoms with E-state index >= 15 is 0 Å². The van der Waals surface area contributed by atoms with E-state index in [1.54, 1.807) is 13.2 Å². The lowest BCUT2D eigenvalue weighted by Gasteiger charge is -2.17. The maximum atomic E-state index is 11.8. The number of hydrogen-bond donors (Lipinski definition) is 0. The molecule has 0 spiro atoms. The molecule has 1 aliphatic heterocycles. The highest BCUT2D eigenvalue weighted by Crippen LogP contribution is 2.21. The Labute approximate surface area is 124 Å². The first-order chi connectivity index (χ1) is 9.67. The Kier molecular flexibility index (Phi) is 5.92. The number of nitrogens with zero attached hydrogens (tertiary/aromatic N) is 2. The lowest BCUT2D eigenvalue weighted by atomic mass is 10.1. The first kappa shape index (κ1) is 16.7. The van der Waals surface area contributed by atoms with Crippen molar-refractivity contribution in [2.24, 2.45) is 4.99 Å². The van der Waals surface area contributed by atoms with Gasteiger partial charge in [-0.3, -0.25) is 4.99 Å². The van der Waals surface area contributed by atoms with Crippen LogP contribution in [0.2, 0.25) is 0 Å². The normalized spacial score (nSPS) is 14.3. The van der Waals surface area contributed by atoms with Gasteiger partial charge in [0.2, 0.25) is 0 Å². The molecule has 1 aromatic rings. The highest BCUT2D eigenvalue weighted by Gasteiger charge is 2.19. The van der Waals surface area contributed by atoms with Crippen LogP contribution in [-0.4, -0.2) is 56.4 Å². The number of para-hydroxylation sites is 1. The van der Waals surface area contributed by atoms with E-state index in [9.17, 15) is 4.79 Å². The molecule has 114 valence electrons. The van der Waals surface area contributed by atoms with Crippen molar-refractivity contribution in [2.45, 2.75) is 0 Å². The van der Waals surface area contributed by atoms with E-state index in [0.717, 1.165) is 17.0 Å². The average molecular weight is 292 g/mol. The first-order valence-corrected chi connectivity index (χ1v) is 6.36. The Balaban J connectivity index is 0.00000220. The summed E-state index contributed by atoms with van der Waals surface area (Å²) in [6.07, 6.45) is 1.75. The summed E-state index contributed by atoms with van der Waals surface area (Å²) < 4.78 is 10.2. The zero-order chi connectivity index (χ0) is 14.5. The molecule has 21 heavy (non-hydrogen) atoms. The Morgan fingerprint density at radius 3 is 2.67 bits per heavy atom. The van der Waals surface area contributed by atoms with Crippen LogP contribution < -0.4 is 4.74 Å². The third-order valence-electron chi connectivity index (χ3n) is 3.18. The van der Waals surface area contributed by atoms with Crippen LogP contribution in [-0.2, 0) is 9.53 Å². The summed E-state index contributed by atoms with van der Waals surface area (Å²) in [6, 6.07) is 7.61. The summed E-state index contributed by atoms with van der Waals surface area (Å²) in [6.45, 7) is 1.28. The number of hydrogen-bond acceptors (Lipinski definition) is 5. The molecular formula is C15H20N2O4. The van der Waals surface area contributed by atoms with Gasteiger partial charge < -0.3 is 19.8 Å². The molecule has 0 amide bonds. The quantitative estimate of drug-likeness (QED) is 0.766. The fourth-order valence-electron chi connectivity index (χ4n) is 2.06. The monoisotopic (exact) mass is 292 g/mol. The summed E-state index contributed by atoms with van der Waals surface area (Å²) in [7, 11) is 4.85. The minimum absolute atomic E-state index is 0. The number of esters is 1. The third kappa shape index (κ3) is 3.61. The number of benzene rings is 1. The van der Waals surface area contributed by atoms with Crippen molar-refractivity contribution in [3.8, 4) is 5.75 Å². The van der Waals surface area contributed by atoms with Gasteiger partial charge >= 0.3 is 5.97 Å². The van der Waals surface area contributed by atoms with Gasteiger partial charge in [-0.15, -0.1) is 0 Å². The fourth-order valence-corrected chi connectivity index (χ4v) is 2.06. The fraction of sp³-hybridized carbons (Fsp3) is 0.333. The van der Waals surface area contributed by atoms with Crippen LogP contribution in [0.4, 0.5) is 0 Å². The smallest absolute Gasteiger partial charge is 0.354 e. The minimum atomic E-state index is -0.364. The molecule has 2 N–H and O–H groups in total. The first-order valence-electron chi connectivity index (χ1n) is 6.36. The standard InChI is InChI=1S/C15H18N2O3.H2O/c1-17-9-8-16-12(10-13(17)15(18)20-3)11-6-4-5-7-14(11)19-2;/h4-7,10H,8-9H2,1-3H3;1H2. The van der Waals surface area contributed by atoms with Gasteiger partial charge in [-0.1, -0.05) is 12.1 Å². The van der Waals surface area contributed by atoms with Crippen molar-refractivity contribution in [3.63, 3.8) is 0 Å². The van der Waals surface area contributed by atoms with Crippen molar-refractivity contribution in [2.75, 3.05) is 34.4 Å². The molecule has 1 aliphatic rings. The van der Waals surface area contributed by atoms with Gasteiger partial charge in [-0.2, -0.15) is 0 Å². The highest BCUT2D eigenvalue weighted by atomic mass is 16.5. The summed E-state index contributed by atoms with van der Waals surface area (Å²) in [4.78, 5) is 18.2. The zero-order valence-corrected chi connectivity index (χ0v) is 12.4. The second-order valence-electron chi connectivity index (χ2n) is 4.41. The Morgan fingerprint density at radius 1 is 1.29 bits per heavy atom. The van der Waals surface area contributed by atoms with Crippen LogP contribution >= 0.6 is 0 Å². The molecule has 0 saturated carbocycles.